The highest BCUT2D eigenvalue weighted by Gasteiger charge is 2.40. The van der Waals surface area contributed by atoms with Crippen LogP contribution in [0.1, 0.15) is 102 Å². The first-order valence-corrected chi connectivity index (χ1v) is 15.1. The lowest BCUT2D eigenvalue weighted by Gasteiger charge is -2.44. The van der Waals surface area contributed by atoms with Crippen LogP contribution in [0.2, 0.25) is 0 Å². The van der Waals surface area contributed by atoms with Crippen LogP contribution in [0.15, 0.2) is 48.3 Å². The maximum Gasteiger partial charge on any atom is -0.00809 e. The van der Waals surface area contributed by atoms with E-state index < -0.39 is 6.04 Å². The minimum Gasteiger partial charge on any atom is -0.103 e. The third-order valence-corrected chi connectivity index (χ3v) is 14.2. The summed E-state index contributed by atoms with van der Waals surface area (Å²) in [6.07, 6.45) is 20.8. The minimum atomic E-state index is -1.62. The van der Waals surface area contributed by atoms with Crippen molar-refractivity contribution in [3.8, 4) is 0 Å². The van der Waals surface area contributed by atoms with Gasteiger partial charge in [-0.3, -0.25) is 0 Å². The van der Waals surface area contributed by atoms with Crippen molar-refractivity contribution in [1.82, 2.24) is 0 Å². The largest absolute Gasteiger partial charge is 0.103 e. The first-order chi connectivity index (χ1) is 14.2. The van der Waals surface area contributed by atoms with Crippen LogP contribution >= 0.6 is 6.04 Å². The fourth-order valence-electron chi connectivity index (χ4n) is 5.73. The van der Waals surface area contributed by atoms with Crippen molar-refractivity contribution in [2.75, 3.05) is 0 Å². The van der Waals surface area contributed by atoms with E-state index in [2.05, 4.69) is 49.9 Å². The normalized spacial score (nSPS) is 20.3. The molecule has 0 heterocycles. The molecule has 2 heteroatoms. The summed E-state index contributed by atoms with van der Waals surface area (Å²) in [6.45, 7) is 6.51. The molecule has 0 bridgehead atoms. The second kappa shape index (κ2) is 11.7. The zero-order valence-corrected chi connectivity index (χ0v) is 20.3. The average Bonchev–Trinajstić information content (AvgIpc) is 2.80. The summed E-state index contributed by atoms with van der Waals surface area (Å²) in [5.74, 6) is 0. The lowest BCUT2D eigenvalue weighted by molar-refractivity contribution is 0.485. The van der Waals surface area contributed by atoms with Gasteiger partial charge in [0.05, 0.1) is 0 Å². The number of unbranched alkanes of at least 4 members (excludes halogenated alkanes) is 1. The van der Waals surface area contributed by atoms with Crippen LogP contribution in [-0.2, 0) is 11.8 Å². The summed E-state index contributed by atoms with van der Waals surface area (Å²) in [6, 6.07) is 9.60. The van der Waals surface area contributed by atoms with Crippen LogP contribution < -0.4 is 0 Å². The molecule has 0 N–H and O–H groups in total. The monoisotopic (exact) mass is 428 g/mol. The van der Waals surface area contributed by atoms with Gasteiger partial charge in [0.15, 0.2) is 0 Å². The van der Waals surface area contributed by atoms with Gasteiger partial charge in [-0.05, 0) is 78.8 Å². The molecule has 0 radical (unpaired) electrons. The summed E-state index contributed by atoms with van der Waals surface area (Å²) in [5, 5.41) is 1.68. The Balaban J connectivity index is 2.15. The smallest absolute Gasteiger partial charge is 0.00809 e. The van der Waals surface area contributed by atoms with Gasteiger partial charge in [-0.25, -0.2) is 0 Å². The van der Waals surface area contributed by atoms with Crippen molar-refractivity contribution in [1.29, 1.82) is 0 Å². The standard InChI is InChI=1S/C27H41PS/c1-3-5-22-26(23-16-9-6-10-17-23)27(15-4-2)28(29,24-18-11-7-12-19-24)25-20-13-8-14-21-25/h4,6,9-10,16-17,24-25H,2-3,5,7-8,11-15,18-22H2,1H3/b27-26-. The topological polar surface area (TPSA) is 0 Å². The van der Waals surface area contributed by atoms with Gasteiger partial charge in [-0.1, -0.05) is 100 Å². The van der Waals surface area contributed by atoms with Gasteiger partial charge in [-0.2, -0.15) is 0 Å². The molecule has 1 aromatic carbocycles. The van der Waals surface area contributed by atoms with E-state index in [4.69, 9.17) is 11.8 Å². The van der Waals surface area contributed by atoms with Gasteiger partial charge in [0.25, 0.3) is 0 Å². The van der Waals surface area contributed by atoms with Crippen LogP contribution in [0.4, 0.5) is 0 Å². The van der Waals surface area contributed by atoms with Crippen LogP contribution in [-0.4, -0.2) is 11.3 Å². The quantitative estimate of drug-likeness (QED) is 0.279. The Hall–Kier alpha value is -0.650. The predicted octanol–water partition coefficient (Wildman–Crippen LogP) is 9.31. The summed E-state index contributed by atoms with van der Waals surface area (Å²) >= 11 is 6.96. The van der Waals surface area contributed by atoms with Crippen molar-refractivity contribution in [3.63, 3.8) is 0 Å². The fraction of sp³-hybridized carbons (Fsp3) is 0.630. The molecule has 29 heavy (non-hydrogen) atoms. The zero-order chi connectivity index (χ0) is 20.5. The van der Waals surface area contributed by atoms with Gasteiger partial charge in [0.1, 0.15) is 0 Å². The third kappa shape index (κ3) is 5.54. The molecule has 2 saturated carbocycles. The maximum atomic E-state index is 6.96. The van der Waals surface area contributed by atoms with Crippen LogP contribution in [0.5, 0.6) is 0 Å². The third-order valence-electron chi connectivity index (χ3n) is 7.24. The molecule has 1 aromatic rings. The van der Waals surface area contributed by atoms with Gasteiger partial charge < -0.3 is 0 Å². The molecule has 0 saturated heterocycles. The van der Waals surface area contributed by atoms with Crippen molar-refractivity contribution >= 4 is 23.4 Å². The lowest BCUT2D eigenvalue weighted by atomic mass is 9.98. The molecule has 3 rings (SSSR count). The van der Waals surface area contributed by atoms with E-state index in [1.165, 1.54) is 89.0 Å². The van der Waals surface area contributed by atoms with E-state index in [0.717, 1.165) is 17.7 Å². The first kappa shape index (κ1) is 23.0. The Morgan fingerprint density at radius 3 is 2.00 bits per heavy atom. The molecule has 160 valence electrons. The molecular weight excluding hydrogens is 387 g/mol. The second-order valence-electron chi connectivity index (χ2n) is 9.18. The first-order valence-electron chi connectivity index (χ1n) is 12.2. The van der Waals surface area contributed by atoms with E-state index in [-0.39, 0.29) is 0 Å². The van der Waals surface area contributed by atoms with E-state index in [1.807, 2.05) is 0 Å². The SMILES string of the molecule is C=CC/C(=C(\CCCC)c1ccccc1)P(=S)(C1CCCCC1)C1CCCCC1. The van der Waals surface area contributed by atoms with E-state index in [1.54, 1.807) is 10.9 Å². The highest BCUT2D eigenvalue weighted by Crippen LogP contribution is 2.70. The lowest BCUT2D eigenvalue weighted by Crippen LogP contribution is -2.25. The highest BCUT2D eigenvalue weighted by molar-refractivity contribution is 8.17. The Kier molecular flexibility index (Phi) is 9.26. The Morgan fingerprint density at radius 2 is 1.52 bits per heavy atom. The number of hydrogen-bond donors (Lipinski definition) is 0. The summed E-state index contributed by atoms with van der Waals surface area (Å²) < 4.78 is 0. The molecule has 0 spiro atoms. The van der Waals surface area contributed by atoms with Gasteiger partial charge in [0.2, 0.25) is 0 Å². The number of allylic oxidation sites excluding steroid dienone is 3. The molecule has 2 aliphatic rings. The summed E-state index contributed by atoms with van der Waals surface area (Å²) in [5.41, 5.74) is 4.60. The summed E-state index contributed by atoms with van der Waals surface area (Å²) in [7, 11) is 0. The van der Waals surface area contributed by atoms with Crippen LogP contribution in [0.25, 0.3) is 5.57 Å². The molecule has 0 amide bonds. The Bertz CT molecular complexity index is 683. The van der Waals surface area contributed by atoms with Crippen LogP contribution in [0, 0.1) is 0 Å². The fourth-order valence-corrected chi connectivity index (χ4v) is 12.4. The second-order valence-corrected chi connectivity index (χ2v) is 14.4. The molecule has 0 aromatic heterocycles. The summed E-state index contributed by atoms with van der Waals surface area (Å²) in [4.78, 5) is 0. The number of rotatable bonds is 9. The number of benzene rings is 1. The van der Waals surface area contributed by atoms with Crippen molar-refractivity contribution in [2.45, 2.75) is 108 Å². The molecule has 0 unspecified atom stereocenters. The number of hydrogen-bond acceptors (Lipinski definition) is 1. The van der Waals surface area contributed by atoms with Gasteiger partial charge >= 0.3 is 0 Å². The maximum absolute atomic E-state index is 6.96. The Morgan fingerprint density at radius 1 is 0.966 bits per heavy atom. The average molecular weight is 429 g/mol. The van der Waals surface area contributed by atoms with Crippen LogP contribution in [0.3, 0.4) is 0 Å². The van der Waals surface area contributed by atoms with Crippen molar-refractivity contribution in [3.05, 3.63) is 53.9 Å². The van der Waals surface area contributed by atoms with Gasteiger partial charge in [-0.15, -0.1) is 6.58 Å². The molecule has 2 fully saturated rings. The van der Waals surface area contributed by atoms with Crippen molar-refractivity contribution < 1.29 is 0 Å². The molecular formula is C27H41PS. The van der Waals surface area contributed by atoms with E-state index >= 15 is 0 Å². The van der Waals surface area contributed by atoms with Crippen molar-refractivity contribution in [2.24, 2.45) is 0 Å². The van der Waals surface area contributed by atoms with E-state index in [0.29, 0.717) is 0 Å². The molecule has 0 nitrogen and oxygen atoms in total. The minimum absolute atomic E-state index is 0.782. The van der Waals surface area contributed by atoms with Gasteiger partial charge in [0, 0.05) is 0 Å². The Labute approximate surface area is 185 Å². The molecule has 2 aliphatic carbocycles. The zero-order valence-electron chi connectivity index (χ0n) is 18.6. The highest BCUT2D eigenvalue weighted by atomic mass is 32.4. The van der Waals surface area contributed by atoms with E-state index in [9.17, 15) is 0 Å². The molecule has 0 aliphatic heterocycles. The molecule has 0 atom stereocenters. The predicted molar refractivity (Wildman–Crippen MR) is 136 cm³/mol.